The number of hydrogen-bond donors (Lipinski definition) is 1. The number of nitrogens with one attached hydrogen (secondary N) is 1. The summed E-state index contributed by atoms with van der Waals surface area (Å²) < 4.78 is 4.33. The van der Waals surface area contributed by atoms with Gasteiger partial charge in [-0.05, 0) is 36.8 Å². The average molecular weight is 340 g/mol. The van der Waals surface area contributed by atoms with Crippen molar-refractivity contribution in [1.29, 1.82) is 0 Å². The quantitative estimate of drug-likeness (QED) is 0.786. The van der Waals surface area contributed by atoms with E-state index in [1.54, 1.807) is 25.5 Å². The zero-order valence-electron chi connectivity index (χ0n) is 13.5. The lowest BCUT2D eigenvalue weighted by molar-refractivity contribution is -0.116. The Hall–Kier alpha value is -2.87. The third kappa shape index (κ3) is 3.38. The van der Waals surface area contributed by atoms with E-state index in [0.29, 0.717) is 22.5 Å². The standard InChI is InChI=1S/C16H16N6OS/c1-10-6-8-17-12(9-10)14-19-16(24-21-14)20-15-13(5-4-7-18-15)22(3)11(2)23/h4-9H,1-3H3,(H,18,19,20,21). The molecule has 122 valence electrons. The predicted octanol–water partition coefficient (Wildman–Crippen LogP) is 3.03. The van der Waals surface area contributed by atoms with Gasteiger partial charge >= 0.3 is 0 Å². The molecule has 0 aliphatic carbocycles. The van der Waals surface area contributed by atoms with Crippen LogP contribution in [0, 0.1) is 6.92 Å². The van der Waals surface area contributed by atoms with Crippen molar-refractivity contribution in [3.05, 3.63) is 42.2 Å². The van der Waals surface area contributed by atoms with Gasteiger partial charge in [0.2, 0.25) is 11.0 Å². The van der Waals surface area contributed by atoms with Gasteiger partial charge < -0.3 is 10.2 Å². The summed E-state index contributed by atoms with van der Waals surface area (Å²) in [6.07, 6.45) is 3.39. The molecule has 3 aromatic heterocycles. The number of rotatable bonds is 4. The maximum atomic E-state index is 11.6. The summed E-state index contributed by atoms with van der Waals surface area (Å²) in [5, 5.41) is 3.71. The molecule has 3 aromatic rings. The van der Waals surface area contributed by atoms with Gasteiger partial charge in [0.15, 0.2) is 11.6 Å². The molecule has 0 radical (unpaired) electrons. The molecular weight excluding hydrogens is 324 g/mol. The number of aromatic nitrogens is 4. The molecule has 0 saturated carbocycles. The van der Waals surface area contributed by atoms with Gasteiger partial charge in [-0.1, -0.05) is 0 Å². The number of pyridine rings is 2. The van der Waals surface area contributed by atoms with Crippen molar-refractivity contribution in [2.75, 3.05) is 17.3 Å². The molecule has 0 aliphatic rings. The fraction of sp³-hybridized carbons (Fsp3) is 0.188. The third-order valence-electron chi connectivity index (χ3n) is 3.42. The Morgan fingerprint density at radius 3 is 2.83 bits per heavy atom. The number of nitrogens with zero attached hydrogens (tertiary/aromatic N) is 5. The van der Waals surface area contributed by atoms with Crippen LogP contribution in [0.3, 0.4) is 0 Å². The predicted molar refractivity (Wildman–Crippen MR) is 94.5 cm³/mol. The van der Waals surface area contributed by atoms with E-state index in [2.05, 4.69) is 24.6 Å². The Kier molecular flexibility index (Phi) is 4.48. The maximum Gasteiger partial charge on any atom is 0.223 e. The summed E-state index contributed by atoms with van der Waals surface area (Å²) in [5.41, 5.74) is 2.50. The van der Waals surface area contributed by atoms with Crippen molar-refractivity contribution >= 4 is 34.1 Å². The van der Waals surface area contributed by atoms with Crippen LogP contribution in [0.4, 0.5) is 16.6 Å². The summed E-state index contributed by atoms with van der Waals surface area (Å²) in [4.78, 5) is 26.2. The van der Waals surface area contributed by atoms with Gasteiger partial charge in [-0.25, -0.2) is 4.98 Å². The van der Waals surface area contributed by atoms with Gasteiger partial charge in [0.05, 0.1) is 5.69 Å². The highest BCUT2D eigenvalue weighted by molar-refractivity contribution is 7.09. The highest BCUT2D eigenvalue weighted by Gasteiger charge is 2.14. The van der Waals surface area contributed by atoms with E-state index in [1.807, 2.05) is 25.1 Å². The Balaban J connectivity index is 1.87. The molecule has 0 aromatic carbocycles. The molecule has 0 aliphatic heterocycles. The molecule has 3 rings (SSSR count). The van der Waals surface area contributed by atoms with Gasteiger partial charge in [0.25, 0.3) is 0 Å². The minimum Gasteiger partial charge on any atom is -0.313 e. The fourth-order valence-electron chi connectivity index (χ4n) is 2.07. The monoisotopic (exact) mass is 340 g/mol. The van der Waals surface area contributed by atoms with Crippen LogP contribution in [0.15, 0.2) is 36.7 Å². The number of carbonyl (C=O) groups excluding carboxylic acids is 1. The normalized spacial score (nSPS) is 10.5. The first-order valence-electron chi connectivity index (χ1n) is 7.27. The number of carbonyl (C=O) groups is 1. The number of anilines is 3. The summed E-state index contributed by atoms with van der Waals surface area (Å²) in [6.45, 7) is 3.50. The van der Waals surface area contributed by atoms with Crippen LogP contribution < -0.4 is 10.2 Å². The molecule has 0 bridgehead atoms. The first-order chi connectivity index (χ1) is 11.5. The van der Waals surface area contributed by atoms with Crippen LogP contribution in [-0.2, 0) is 4.79 Å². The maximum absolute atomic E-state index is 11.6. The van der Waals surface area contributed by atoms with E-state index in [1.165, 1.54) is 23.4 Å². The molecule has 0 unspecified atom stereocenters. The zero-order chi connectivity index (χ0) is 17.1. The summed E-state index contributed by atoms with van der Waals surface area (Å²) >= 11 is 1.22. The summed E-state index contributed by atoms with van der Waals surface area (Å²) in [7, 11) is 1.70. The Morgan fingerprint density at radius 2 is 2.08 bits per heavy atom. The molecule has 1 amide bonds. The van der Waals surface area contributed by atoms with Gasteiger partial charge in [0.1, 0.15) is 5.69 Å². The SMILES string of the molecule is CC(=O)N(C)c1cccnc1Nc1nc(-c2cc(C)ccn2)ns1. The van der Waals surface area contributed by atoms with Crippen molar-refractivity contribution in [1.82, 2.24) is 19.3 Å². The van der Waals surface area contributed by atoms with E-state index in [4.69, 9.17) is 0 Å². The van der Waals surface area contributed by atoms with E-state index in [0.717, 1.165) is 11.3 Å². The second-order valence-electron chi connectivity index (χ2n) is 5.22. The first-order valence-corrected chi connectivity index (χ1v) is 8.05. The van der Waals surface area contributed by atoms with E-state index < -0.39 is 0 Å². The van der Waals surface area contributed by atoms with Crippen LogP contribution in [0.2, 0.25) is 0 Å². The molecule has 0 fully saturated rings. The minimum atomic E-state index is -0.0760. The van der Waals surface area contributed by atoms with Gasteiger partial charge in [-0.2, -0.15) is 9.36 Å². The molecule has 8 heteroatoms. The van der Waals surface area contributed by atoms with E-state index in [9.17, 15) is 4.79 Å². The number of aryl methyl sites for hydroxylation is 1. The van der Waals surface area contributed by atoms with Crippen LogP contribution in [0.1, 0.15) is 12.5 Å². The second-order valence-corrected chi connectivity index (χ2v) is 5.97. The van der Waals surface area contributed by atoms with Crippen molar-refractivity contribution in [3.8, 4) is 11.5 Å². The number of amides is 1. The molecular formula is C16H16N6OS. The van der Waals surface area contributed by atoms with Crippen LogP contribution in [-0.4, -0.2) is 32.3 Å². The second kappa shape index (κ2) is 6.71. The van der Waals surface area contributed by atoms with Crippen molar-refractivity contribution < 1.29 is 4.79 Å². The summed E-state index contributed by atoms with van der Waals surface area (Å²) in [5.74, 6) is 1.03. The van der Waals surface area contributed by atoms with Crippen molar-refractivity contribution in [3.63, 3.8) is 0 Å². The van der Waals surface area contributed by atoms with Crippen LogP contribution in [0.5, 0.6) is 0 Å². The minimum absolute atomic E-state index is 0.0760. The van der Waals surface area contributed by atoms with Crippen molar-refractivity contribution in [2.24, 2.45) is 0 Å². The third-order valence-corrected chi connectivity index (χ3v) is 4.05. The molecule has 24 heavy (non-hydrogen) atoms. The molecule has 7 nitrogen and oxygen atoms in total. The molecule has 0 atom stereocenters. The highest BCUT2D eigenvalue weighted by Crippen LogP contribution is 2.28. The molecule has 0 spiro atoms. The lowest BCUT2D eigenvalue weighted by atomic mass is 10.2. The summed E-state index contributed by atoms with van der Waals surface area (Å²) in [6, 6.07) is 7.46. The van der Waals surface area contributed by atoms with E-state index in [-0.39, 0.29) is 5.91 Å². The van der Waals surface area contributed by atoms with Gasteiger partial charge in [-0.3, -0.25) is 9.78 Å². The lowest BCUT2D eigenvalue weighted by Gasteiger charge is -2.17. The lowest BCUT2D eigenvalue weighted by Crippen LogP contribution is -2.23. The largest absolute Gasteiger partial charge is 0.313 e. The first kappa shape index (κ1) is 16.0. The molecule has 0 saturated heterocycles. The Bertz CT molecular complexity index is 878. The van der Waals surface area contributed by atoms with Crippen molar-refractivity contribution in [2.45, 2.75) is 13.8 Å². The zero-order valence-corrected chi connectivity index (χ0v) is 14.3. The topological polar surface area (TPSA) is 83.9 Å². The average Bonchev–Trinajstić information content (AvgIpc) is 3.03. The van der Waals surface area contributed by atoms with E-state index >= 15 is 0 Å². The van der Waals surface area contributed by atoms with Gasteiger partial charge in [-0.15, -0.1) is 0 Å². The Morgan fingerprint density at radius 1 is 1.25 bits per heavy atom. The van der Waals surface area contributed by atoms with Gasteiger partial charge in [0, 0.05) is 37.9 Å². The molecule has 3 heterocycles. The van der Waals surface area contributed by atoms with Crippen LogP contribution >= 0.6 is 11.5 Å². The Labute approximate surface area is 143 Å². The smallest absolute Gasteiger partial charge is 0.223 e. The highest BCUT2D eigenvalue weighted by atomic mass is 32.1. The van der Waals surface area contributed by atoms with Crippen LogP contribution in [0.25, 0.3) is 11.5 Å². The fourth-order valence-corrected chi connectivity index (χ4v) is 2.65. The molecule has 1 N–H and O–H groups in total. The number of hydrogen-bond acceptors (Lipinski definition) is 7.